The Hall–Kier alpha value is -2.74. The summed E-state index contributed by atoms with van der Waals surface area (Å²) in [6.45, 7) is 11.5. The van der Waals surface area contributed by atoms with E-state index < -0.39 is 11.7 Å². The first-order valence-electron chi connectivity index (χ1n) is 10.4. The summed E-state index contributed by atoms with van der Waals surface area (Å²) < 4.78 is 38.8. The summed E-state index contributed by atoms with van der Waals surface area (Å²) in [5.41, 5.74) is 0.560. The molecule has 0 amide bonds. The molecule has 1 aliphatic heterocycles. The third-order valence-electron chi connectivity index (χ3n) is 5.90. The Kier molecular flexibility index (Phi) is 5.37. The molecule has 1 aromatic carbocycles. The molecule has 1 fully saturated rings. The molecular weight excluding hydrogens is 403 g/mol. The minimum Gasteiger partial charge on any atom is -0.349 e. The third kappa shape index (κ3) is 4.21. The highest BCUT2D eigenvalue weighted by molar-refractivity contribution is 5.99. The van der Waals surface area contributed by atoms with Crippen molar-refractivity contribution in [3.8, 4) is 11.3 Å². The van der Waals surface area contributed by atoms with E-state index in [4.69, 9.17) is 0 Å². The number of halogens is 3. The van der Waals surface area contributed by atoms with Crippen molar-refractivity contribution < 1.29 is 13.2 Å². The van der Waals surface area contributed by atoms with E-state index in [0.717, 1.165) is 48.4 Å². The molecule has 164 valence electrons. The highest BCUT2D eigenvalue weighted by atomic mass is 19.4. The van der Waals surface area contributed by atoms with Gasteiger partial charge >= 0.3 is 6.18 Å². The zero-order valence-electron chi connectivity index (χ0n) is 18.1. The van der Waals surface area contributed by atoms with Crippen LogP contribution < -0.4 is 4.90 Å². The molecule has 0 unspecified atom stereocenters. The van der Waals surface area contributed by atoms with Crippen LogP contribution in [0.1, 0.15) is 33.3 Å². The summed E-state index contributed by atoms with van der Waals surface area (Å²) >= 11 is 0. The SMILES string of the molecule is C[C@@H]1CN(C(C)(C)C)CCN1c1nnc(-c2ccc(C(F)(F)F)cc2)c2ccncc12. The number of rotatable bonds is 2. The lowest BCUT2D eigenvalue weighted by atomic mass is 10.0. The molecule has 1 saturated heterocycles. The van der Waals surface area contributed by atoms with Crippen molar-refractivity contribution in [1.82, 2.24) is 20.1 Å². The number of alkyl halides is 3. The van der Waals surface area contributed by atoms with Crippen molar-refractivity contribution in [2.24, 2.45) is 0 Å². The van der Waals surface area contributed by atoms with Gasteiger partial charge in [0.25, 0.3) is 0 Å². The van der Waals surface area contributed by atoms with Crippen LogP contribution in [0.2, 0.25) is 0 Å². The Labute approximate surface area is 179 Å². The van der Waals surface area contributed by atoms with Crippen molar-refractivity contribution >= 4 is 16.6 Å². The zero-order chi connectivity index (χ0) is 22.4. The summed E-state index contributed by atoms with van der Waals surface area (Å²) in [7, 11) is 0. The van der Waals surface area contributed by atoms with E-state index in [1.165, 1.54) is 12.1 Å². The van der Waals surface area contributed by atoms with Gasteiger partial charge in [-0.3, -0.25) is 9.88 Å². The van der Waals surface area contributed by atoms with Crippen LogP contribution in [0.3, 0.4) is 0 Å². The highest BCUT2D eigenvalue weighted by Gasteiger charge is 2.32. The topological polar surface area (TPSA) is 45.2 Å². The maximum atomic E-state index is 12.9. The fraction of sp³-hybridized carbons (Fsp3) is 0.435. The quantitative estimate of drug-likeness (QED) is 0.572. The summed E-state index contributed by atoms with van der Waals surface area (Å²) in [6, 6.07) is 7.12. The van der Waals surface area contributed by atoms with Gasteiger partial charge in [0.05, 0.1) is 5.56 Å². The normalized spacial score (nSPS) is 18.5. The van der Waals surface area contributed by atoms with Crippen molar-refractivity contribution in [2.45, 2.75) is 45.5 Å². The number of pyridine rings is 1. The maximum absolute atomic E-state index is 12.9. The van der Waals surface area contributed by atoms with Crippen LogP contribution >= 0.6 is 0 Å². The van der Waals surface area contributed by atoms with E-state index >= 15 is 0 Å². The first-order valence-corrected chi connectivity index (χ1v) is 10.4. The van der Waals surface area contributed by atoms with Gasteiger partial charge in [-0.25, -0.2) is 0 Å². The van der Waals surface area contributed by atoms with Gasteiger partial charge in [-0.2, -0.15) is 13.2 Å². The van der Waals surface area contributed by atoms with Gasteiger partial charge in [0.1, 0.15) is 5.69 Å². The van der Waals surface area contributed by atoms with E-state index in [9.17, 15) is 13.2 Å². The molecule has 1 aliphatic rings. The molecule has 3 heterocycles. The maximum Gasteiger partial charge on any atom is 0.416 e. The number of fused-ring (bicyclic) bond motifs is 1. The standard InChI is InChI=1S/C23H26F3N5/c1-15-14-30(22(2,3)4)11-12-31(15)21-19-13-27-10-9-18(19)20(28-29-21)16-5-7-17(8-6-16)23(24,25)26/h5-10,13,15H,11-12,14H2,1-4H3/t15-/m1/s1. The van der Waals surface area contributed by atoms with Gasteiger partial charge in [0.15, 0.2) is 5.82 Å². The fourth-order valence-electron chi connectivity index (χ4n) is 4.11. The first kappa shape index (κ1) is 21.5. The number of aromatic nitrogens is 3. The molecule has 0 bridgehead atoms. The van der Waals surface area contributed by atoms with E-state index in [2.05, 4.69) is 52.7 Å². The number of anilines is 1. The van der Waals surface area contributed by atoms with Crippen LogP contribution in [0.5, 0.6) is 0 Å². The van der Waals surface area contributed by atoms with Crippen LogP contribution in [-0.2, 0) is 6.18 Å². The number of piperazine rings is 1. The van der Waals surface area contributed by atoms with Crippen LogP contribution in [0.25, 0.3) is 22.0 Å². The van der Waals surface area contributed by atoms with E-state index in [0.29, 0.717) is 11.3 Å². The predicted octanol–water partition coefficient (Wildman–Crippen LogP) is 5.02. The van der Waals surface area contributed by atoms with Gasteiger partial charge in [-0.15, -0.1) is 10.2 Å². The Balaban J connectivity index is 1.71. The Morgan fingerprint density at radius 2 is 1.65 bits per heavy atom. The monoisotopic (exact) mass is 429 g/mol. The lowest BCUT2D eigenvalue weighted by Crippen LogP contribution is -2.57. The molecule has 1 atom stereocenters. The Morgan fingerprint density at radius 1 is 0.935 bits per heavy atom. The molecule has 31 heavy (non-hydrogen) atoms. The van der Waals surface area contributed by atoms with E-state index in [1.807, 2.05) is 6.07 Å². The number of hydrogen-bond acceptors (Lipinski definition) is 5. The predicted molar refractivity (Wildman–Crippen MR) is 116 cm³/mol. The number of nitrogens with zero attached hydrogens (tertiary/aromatic N) is 5. The fourth-order valence-corrected chi connectivity index (χ4v) is 4.11. The second-order valence-corrected chi connectivity index (χ2v) is 9.03. The summed E-state index contributed by atoms with van der Waals surface area (Å²) in [4.78, 5) is 8.98. The molecule has 4 rings (SSSR count). The van der Waals surface area contributed by atoms with Crippen molar-refractivity contribution in [3.05, 3.63) is 48.3 Å². The molecule has 0 saturated carbocycles. The van der Waals surface area contributed by atoms with Crippen LogP contribution in [0, 0.1) is 0 Å². The highest BCUT2D eigenvalue weighted by Crippen LogP contribution is 2.35. The molecule has 5 nitrogen and oxygen atoms in total. The molecule has 0 N–H and O–H groups in total. The minimum absolute atomic E-state index is 0.0993. The Bertz CT molecular complexity index is 1070. The van der Waals surface area contributed by atoms with Crippen LogP contribution in [0.4, 0.5) is 19.0 Å². The summed E-state index contributed by atoms with van der Waals surface area (Å²) in [6.07, 6.45) is -0.941. The van der Waals surface area contributed by atoms with E-state index in [-0.39, 0.29) is 11.6 Å². The van der Waals surface area contributed by atoms with Crippen LogP contribution in [-0.4, -0.2) is 51.3 Å². The first-order chi connectivity index (χ1) is 14.6. The zero-order valence-corrected chi connectivity index (χ0v) is 18.1. The number of hydrogen-bond donors (Lipinski definition) is 0. The van der Waals surface area contributed by atoms with Gasteiger partial charge in [-0.1, -0.05) is 12.1 Å². The summed E-state index contributed by atoms with van der Waals surface area (Å²) in [5, 5.41) is 10.6. The molecule has 2 aromatic heterocycles. The lowest BCUT2D eigenvalue weighted by molar-refractivity contribution is -0.137. The summed E-state index contributed by atoms with van der Waals surface area (Å²) in [5.74, 6) is 0.764. The largest absolute Gasteiger partial charge is 0.416 e. The molecule has 0 radical (unpaired) electrons. The average molecular weight is 429 g/mol. The molecule has 0 spiro atoms. The third-order valence-corrected chi connectivity index (χ3v) is 5.90. The van der Waals surface area contributed by atoms with Crippen molar-refractivity contribution in [3.63, 3.8) is 0 Å². The van der Waals surface area contributed by atoms with Crippen molar-refractivity contribution in [2.75, 3.05) is 24.5 Å². The van der Waals surface area contributed by atoms with Gasteiger partial charge < -0.3 is 4.90 Å². The molecule has 3 aromatic rings. The second kappa shape index (κ2) is 7.75. The van der Waals surface area contributed by atoms with E-state index in [1.54, 1.807) is 12.4 Å². The van der Waals surface area contributed by atoms with Crippen LogP contribution in [0.15, 0.2) is 42.7 Å². The lowest BCUT2D eigenvalue weighted by Gasteiger charge is -2.46. The van der Waals surface area contributed by atoms with Crippen molar-refractivity contribution in [1.29, 1.82) is 0 Å². The number of benzene rings is 1. The second-order valence-electron chi connectivity index (χ2n) is 9.03. The van der Waals surface area contributed by atoms with Gasteiger partial charge in [0.2, 0.25) is 0 Å². The van der Waals surface area contributed by atoms with Gasteiger partial charge in [-0.05, 0) is 45.9 Å². The Morgan fingerprint density at radius 3 is 2.26 bits per heavy atom. The smallest absolute Gasteiger partial charge is 0.349 e. The molecule has 8 heteroatoms. The van der Waals surface area contributed by atoms with Gasteiger partial charge in [0, 0.05) is 59.9 Å². The molecular formula is C23H26F3N5. The molecule has 0 aliphatic carbocycles. The minimum atomic E-state index is -4.37. The average Bonchev–Trinajstić information content (AvgIpc) is 2.72.